The molecule has 0 bridgehead atoms. The van der Waals surface area contributed by atoms with Crippen LogP contribution in [0.15, 0.2) is 40.9 Å². The van der Waals surface area contributed by atoms with Crippen LogP contribution in [-0.2, 0) is 0 Å². The summed E-state index contributed by atoms with van der Waals surface area (Å²) in [6, 6.07) is 10.3. The summed E-state index contributed by atoms with van der Waals surface area (Å²) in [7, 11) is 0. The summed E-state index contributed by atoms with van der Waals surface area (Å²) >= 11 is 9.39. The molecule has 2 nitrogen and oxygen atoms in total. The molecule has 0 spiro atoms. The van der Waals surface area contributed by atoms with Gasteiger partial charge in [0.25, 0.3) is 0 Å². The maximum Gasteiger partial charge on any atom is 0.126 e. The Morgan fingerprint density at radius 2 is 2.05 bits per heavy atom. The van der Waals surface area contributed by atoms with Crippen molar-refractivity contribution in [1.29, 1.82) is 0 Å². The standard InChI is InChI=1S/C15H15BrClFN2/c1-9-2-3-13(14(16)4-9)15(8-19)20-12-6-10(17)5-11(18)7-12/h2-7,15,20H,8,19H2,1H3. The molecule has 0 aromatic heterocycles. The van der Waals surface area contributed by atoms with E-state index in [-0.39, 0.29) is 11.9 Å². The minimum atomic E-state index is -0.376. The maximum atomic E-state index is 13.4. The number of nitrogens with one attached hydrogen (secondary N) is 1. The molecule has 20 heavy (non-hydrogen) atoms. The smallest absolute Gasteiger partial charge is 0.126 e. The first-order valence-corrected chi connectivity index (χ1v) is 7.35. The Balaban J connectivity index is 2.28. The zero-order valence-electron chi connectivity index (χ0n) is 11.0. The van der Waals surface area contributed by atoms with Crippen LogP contribution in [-0.4, -0.2) is 6.54 Å². The summed E-state index contributed by atoms with van der Waals surface area (Å²) in [5.74, 6) is -0.376. The molecule has 2 aromatic carbocycles. The number of hydrogen-bond donors (Lipinski definition) is 2. The molecular weight excluding hydrogens is 343 g/mol. The van der Waals surface area contributed by atoms with Crippen LogP contribution in [0, 0.1) is 12.7 Å². The van der Waals surface area contributed by atoms with Gasteiger partial charge in [-0.25, -0.2) is 4.39 Å². The topological polar surface area (TPSA) is 38.0 Å². The highest BCUT2D eigenvalue weighted by Crippen LogP contribution is 2.28. The lowest BCUT2D eigenvalue weighted by Gasteiger charge is -2.20. The monoisotopic (exact) mass is 356 g/mol. The van der Waals surface area contributed by atoms with Crippen molar-refractivity contribution in [3.05, 3.63) is 62.8 Å². The van der Waals surface area contributed by atoms with Crippen LogP contribution in [0.2, 0.25) is 5.02 Å². The summed E-state index contributed by atoms with van der Waals surface area (Å²) in [5, 5.41) is 3.56. The molecular formula is C15H15BrClFN2. The summed E-state index contributed by atoms with van der Waals surface area (Å²) in [4.78, 5) is 0. The third-order valence-corrected chi connectivity index (χ3v) is 3.88. The molecule has 0 saturated heterocycles. The van der Waals surface area contributed by atoms with E-state index in [9.17, 15) is 4.39 Å². The summed E-state index contributed by atoms with van der Waals surface area (Å²) in [6.07, 6.45) is 0. The van der Waals surface area contributed by atoms with E-state index in [1.165, 1.54) is 12.1 Å². The van der Waals surface area contributed by atoms with Gasteiger partial charge in [0.05, 0.1) is 6.04 Å². The van der Waals surface area contributed by atoms with Crippen LogP contribution in [0.5, 0.6) is 0 Å². The zero-order valence-corrected chi connectivity index (χ0v) is 13.3. The minimum Gasteiger partial charge on any atom is -0.377 e. The molecule has 3 N–H and O–H groups in total. The highest BCUT2D eigenvalue weighted by atomic mass is 79.9. The molecule has 1 atom stereocenters. The van der Waals surface area contributed by atoms with E-state index < -0.39 is 0 Å². The van der Waals surface area contributed by atoms with E-state index >= 15 is 0 Å². The Morgan fingerprint density at radius 1 is 1.30 bits per heavy atom. The molecule has 0 saturated carbocycles. The second-order valence-electron chi connectivity index (χ2n) is 4.62. The molecule has 0 aliphatic rings. The van der Waals surface area contributed by atoms with Gasteiger partial charge in [0.2, 0.25) is 0 Å². The van der Waals surface area contributed by atoms with E-state index in [1.807, 2.05) is 25.1 Å². The van der Waals surface area contributed by atoms with E-state index in [0.29, 0.717) is 17.3 Å². The summed E-state index contributed by atoms with van der Waals surface area (Å²) < 4.78 is 14.3. The third-order valence-electron chi connectivity index (χ3n) is 2.97. The van der Waals surface area contributed by atoms with Crippen LogP contribution in [0.1, 0.15) is 17.2 Å². The molecule has 2 aromatic rings. The molecule has 0 radical (unpaired) electrons. The van der Waals surface area contributed by atoms with Gasteiger partial charge >= 0.3 is 0 Å². The summed E-state index contributed by atoms with van der Waals surface area (Å²) in [5.41, 5.74) is 8.62. The number of halogens is 3. The molecule has 106 valence electrons. The molecule has 0 amide bonds. The SMILES string of the molecule is Cc1ccc(C(CN)Nc2cc(F)cc(Cl)c2)c(Br)c1. The molecule has 0 aliphatic carbocycles. The van der Waals surface area contributed by atoms with Gasteiger partial charge in [-0.2, -0.15) is 0 Å². The van der Waals surface area contributed by atoms with Crippen molar-refractivity contribution in [1.82, 2.24) is 0 Å². The molecule has 2 rings (SSSR count). The Hall–Kier alpha value is -1.10. The number of benzene rings is 2. The van der Waals surface area contributed by atoms with E-state index in [2.05, 4.69) is 21.2 Å². The molecule has 0 aliphatic heterocycles. The quantitative estimate of drug-likeness (QED) is 0.835. The predicted octanol–water partition coefficient (Wildman–Crippen LogP) is 4.66. The van der Waals surface area contributed by atoms with Crippen LogP contribution in [0.3, 0.4) is 0 Å². The molecule has 1 unspecified atom stereocenters. The molecule has 0 heterocycles. The fraction of sp³-hybridized carbons (Fsp3) is 0.200. The highest BCUT2D eigenvalue weighted by Gasteiger charge is 2.13. The van der Waals surface area contributed by atoms with Crippen LogP contribution < -0.4 is 11.1 Å². The first-order valence-electron chi connectivity index (χ1n) is 6.18. The average molecular weight is 358 g/mol. The Kier molecular flexibility index (Phi) is 5.02. The number of aryl methyl sites for hydroxylation is 1. The van der Waals surface area contributed by atoms with Crippen molar-refractivity contribution in [3.63, 3.8) is 0 Å². The van der Waals surface area contributed by atoms with Gasteiger partial charge in [-0.1, -0.05) is 39.7 Å². The second-order valence-corrected chi connectivity index (χ2v) is 5.91. The number of nitrogens with two attached hydrogens (primary N) is 1. The van der Waals surface area contributed by atoms with Crippen LogP contribution >= 0.6 is 27.5 Å². The Morgan fingerprint density at radius 3 is 2.65 bits per heavy atom. The Labute approximate surface area is 131 Å². The fourth-order valence-corrected chi connectivity index (χ4v) is 3.01. The number of rotatable bonds is 4. The van der Waals surface area contributed by atoms with Gasteiger partial charge in [-0.3, -0.25) is 0 Å². The lowest BCUT2D eigenvalue weighted by atomic mass is 10.0. The van der Waals surface area contributed by atoms with Crippen molar-refractivity contribution in [3.8, 4) is 0 Å². The van der Waals surface area contributed by atoms with Crippen molar-refractivity contribution in [2.24, 2.45) is 5.73 Å². The fourth-order valence-electron chi connectivity index (χ4n) is 2.02. The van der Waals surface area contributed by atoms with Gasteiger partial charge in [0.15, 0.2) is 0 Å². The second kappa shape index (κ2) is 6.57. The van der Waals surface area contributed by atoms with Crippen molar-refractivity contribution >= 4 is 33.2 Å². The van der Waals surface area contributed by atoms with Gasteiger partial charge in [-0.15, -0.1) is 0 Å². The van der Waals surface area contributed by atoms with E-state index in [4.69, 9.17) is 17.3 Å². The van der Waals surface area contributed by atoms with Gasteiger partial charge in [0, 0.05) is 21.7 Å². The summed E-state index contributed by atoms with van der Waals surface area (Å²) in [6.45, 7) is 2.40. The van der Waals surface area contributed by atoms with Crippen LogP contribution in [0.25, 0.3) is 0 Å². The lowest BCUT2D eigenvalue weighted by molar-refractivity contribution is 0.627. The van der Waals surface area contributed by atoms with Crippen molar-refractivity contribution in [2.45, 2.75) is 13.0 Å². The Bertz CT molecular complexity index is 599. The third kappa shape index (κ3) is 3.72. The molecule has 5 heteroatoms. The maximum absolute atomic E-state index is 13.4. The van der Waals surface area contributed by atoms with E-state index in [1.54, 1.807) is 6.07 Å². The molecule has 0 fully saturated rings. The average Bonchev–Trinajstić information content (AvgIpc) is 2.35. The number of hydrogen-bond acceptors (Lipinski definition) is 2. The first-order chi connectivity index (χ1) is 9.49. The van der Waals surface area contributed by atoms with Crippen molar-refractivity contribution in [2.75, 3.05) is 11.9 Å². The lowest BCUT2D eigenvalue weighted by Crippen LogP contribution is -2.21. The number of anilines is 1. The highest BCUT2D eigenvalue weighted by molar-refractivity contribution is 9.10. The zero-order chi connectivity index (χ0) is 14.7. The predicted molar refractivity (Wildman–Crippen MR) is 85.7 cm³/mol. The minimum absolute atomic E-state index is 0.122. The van der Waals surface area contributed by atoms with E-state index in [0.717, 1.165) is 15.6 Å². The largest absolute Gasteiger partial charge is 0.377 e. The normalized spacial score (nSPS) is 12.2. The van der Waals surface area contributed by atoms with Crippen LogP contribution in [0.4, 0.5) is 10.1 Å². The van der Waals surface area contributed by atoms with Gasteiger partial charge < -0.3 is 11.1 Å². The van der Waals surface area contributed by atoms with Gasteiger partial charge in [-0.05, 0) is 42.3 Å². The van der Waals surface area contributed by atoms with Crippen molar-refractivity contribution < 1.29 is 4.39 Å². The van der Waals surface area contributed by atoms with Gasteiger partial charge in [0.1, 0.15) is 5.82 Å². The first kappa shape index (κ1) is 15.3.